The van der Waals surface area contributed by atoms with Gasteiger partial charge in [0.25, 0.3) is 0 Å². The first-order valence-corrected chi connectivity index (χ1v) is 6.64. The van der Waals surface area contributed by atoms with E-state index in [0.717, 1.165) is 25.9 Å². The largest absolute Gasteiger partial charge is 0.396 e. The lowest BCUT2D eigenvalue weighted by atomic mass is 10.0. The van der Waals surface area contributed by atoms with Crippen LogP contribution in [0.3, 0.4) is 0 Å². The first-order valence-electron chi connectivity index (χ1n) is 6.64. The maximum Gasteiger partial charge on any atom is 0.222 e. The second-order valence-corrected chi connectivity index (χ2v) is 5.10. The highest BCUT2D eigenvalue weighted by molar-refractivity contribution is 5.76. The van der Waals surface area contributed by atoms with Crippen LogP contribution in [0.4, 0.5) is 0 Å². The second kappa shape index (κ2) is 6.01. The summed E-state index contributed by atoms with van der Waals surface area (Å²) in [7, 11) is 0. The third-order valence-electron chi connectivity index (χ3n) is 3.77. The van der Waals surface area contributed by atoms with Crippen molar-refractivity contribution in [1.29, 1.82) is 0 Å². The van der Waals surface area contributed by atoms with Gasteiger partial charge in [-0.25, -0.2) is 0 Å². The average Bonchev–Trinajstić information content (AvgIpc) is 2.86. The maximum atomic E-state index is 12.0. The summed E-state index contributed by atoms with van der Waals surface area (Å²) in [4.78, 5) is 13.9. The van der Waals surface area contributed by atoms with Gasteiger partial charge in [-0.15, -0.1) is 0 Å². The molecule has 1 heterocycles. The number of carbonyl (C=O) groups is 1. The van der Waals surface area contributed by atoms with Crippen LogP contribution in [-0.2, 0) is 11.2 Å². The van der Waals surface area contributed by atoms with E-state index in [-0.39, 0.29) is 18.4 Å². The highest BCUT2D eigenvalue weighted by Gasteiger charge is 2.25. The number of hydrogen-bond acceptors (Lipinski definition) is 2. The van der Waals surface area contributed by atoms with E-state index in [4.69, 9.17) is 5.11 Å². The van der Waals surface area contributed by atoms with Crippen LogP contribution in [0.2, 0.25) is 0 Å². The zero-order chi connectivity index (χ0) is 13.0. The Hall–Kier alpha value is -1.35. The van der Waals surface area contributed by atoms with Crippen molar-refractivity contribution in [1.82, 2.24) is 4.90 Å². The van der Waals surface area contributed by atoms with E-state index in [2.05, 4.69) is 19.1 Å². The normalized spacial score (nSPS) is 19.2. The molecule has 1 aromatic rings. The Labute approximate surface area is 108 Å². The van der Waals surface area contributed by atoms with Crippen molar-refractivity contribution < 1.29 is 9.90 Å². The summed E-state index contributed by atoms with van der Waals surface area (Å²) < 4.78 is 0. The lowest BCUT2D eigenvalue weighted by molar-refractivity contribution is -0.130. The van der Waals surface area contributed by atoms with Gasteiger partial charge < -0.3 is 10.0 Å². The number of aliphatic hydroxyl groups excluding tert-OH is 1. The molecule has 0 saturated carbocycles. The molecular formula is C15H21NO2. The molecule has 3 nitrogen and oxygen atoms in total. The Bertz CT molecular complexity index is 417. The third kappa shape index (κ3) is 3.10. The van der Waals surface area contributed by atoms with Gasteiger partial charge in [0.15, 0.2) is 0 Å². The molecule has 0 radical (unpaired) electrons. The molecule has 18 heavy (non-hydrogen) atoms. The van der Waals surface area contributed by atoms with Crippen LogP contribution in [0.5, 0.6) is 0 Å². The van der Waals surface area contributed by atoms with E-state index in [1.165, 1.54) is 11.1 Å². The number of rotatable bonds is 4. The van der Waals surface area contributed by atoms with E-state index in [1.807, 2.05) is 17.0 Å². The summed E-state index contributed by atoms with van der Waals surface area (Å²) in [5.41, 5.74) is 2.50. The minimum atomic E-state index is 0.196. The van der Waals surface area contributed by atoms with Crippen molar-refractivity contribution in [3.05, 3.63) is 35.4 Å². The molecule has 1 unspecified atom stereocenters. The molecule has 1 amide bonds. The molecular weight excluding hydrogens is 226 g/mol. The predicted molar refractivity (Wildman–Crippen MR) is 71.3 cm³/mol. The molecule has 2 rings (SSSR count). The van der Waals surface area contributed by atoms with Crippen LogP contribution in [0.1, 0.15) is 24.0 Å². The lowest BCUT2D eigenvalue weighted by Crippen LogP contribution is -2.29. The van der Waals surface area contributed by atoms with Crippen LogP contribution >= 0.6 is 0 Å². The van der Waals surface area contributed by atoms with Crippen molar-refractivity contribution in [3.8, 4) is 0 Å². The summed E-state index contributed by atoms with van der Waals surface area (Å²) in [6.07, 6.45) is 2.32. The fraction of sp³-hybridized carbons (Fsp3) is 0.533. The summed E-state index contributed by atoms with van der Waals surface area (Å²) in [6, 6.07) is 8.21. The van der Waals surface area contributed by atoms with Gasteiger partial charge in [-0.3, -0.25) is 4.79 Å². The molecule has 0 aromatic heterocycles. The van der Waals surface area contributed by atoms with Gasteiger partial charge >= 0.3 is 0 Å². The third-order valence-corrected chi connectivity index (χ3v) is 3.77. The Balaban J connectivity index is 1.84. The van der Waals surface area contributed by atoms with Gasteiger partial charge in [-0.05, 0) is 30.9 Å². The zero-order valence-corrected chi connectivity index (χ0v) is 10.9. The quantitative estimate of drug-likeness (QED) is 0.881. The smallest absolute Gasteiger partial charge is 0.222 e. The minimum Gasteiger partial charge on any atom is -0.396 e. The van der Waals surface area contributed by atoms with Crippen molar-refractivity contribution in [2.24, 2.45) is 5.92 Å². The van der Waals surface area contributed by atoms with E-state index in [9.17, 15) is 4.79 Å². The summed E-state index contributed by atoms with van der Waals surface area (Å²) in [6.45, 7) is 3.81. The molecule has 1 aliphatic rings. The van der Waals surface area contributed by atoms with Crippen LogP contribution in [-0.4, -0.2) is 35.6 Å². The Morgan fingerprint density at radius 2 is 2.22 bits per heavy atom. The summed E-state index contributed by atoms with van der Waals surface area (Å²) in [5.74, 6) is 0.501. The maximum absolute atomic E-state index is 12.0. The fourth-order valence-corrected chi connectivity index (χ4v) is 2.50. The van der Waals surface area contributed by atoms with E-state index in [1.54, 1.807) is 0 Å². The number of aryl methyl sites for hydroxylation is 2. The van der Waals surface area contributed by atoms with E-state index < -0.39 is 0 Å². The second-order valence-electron chi connectivity index (χ2n) is 5.10. The summed E-state index contributed by atoms with van der Waals surface area (Å²) in [5, 5.41) is 9.07. The van der Waals surface area contributed by atoms with Gasteiger partial charge in [-0.2, -0.15) is 0 Å². The molecule has 1 N–H and O–H groups in total. The van der Waals surface area contributed by atoms with Crippen molar-refractivity contribution >= 4 is 5.91 Å². The lowest BCUT2D eigenvalue weighted by Gasteiger charge is -2.16. The van der Waals surface area contributed by atoms with E-state index in [0.29, 0.717) is 6.42 Å². The first kappa shape index (κ1) is 13.1. The molecule has 0 spiro atoms. The fourth-order valence-electron chi connectivity index (χ4n) is 2.50. The van der Waals surface area contributed by atoms with Crippen molar-refractivity contribution in [3.63, 3.8) is 0 Å². The summed E-state index contributed by atoms with van der Waals surface area (Å²) >= 11 is 0. The number of hydrogen-bond donors (Lipinski definition) is 1. The molecule has 1 aliphatic heterocycles. The topological polar surface area (TPSA) is 40.5 Å². The Kier molecular flexibility index (Phi) is 4.37. The van der Waals surface area contributed by atoms with Crippen LogP contribution in [0.25, 0.3) is 0 Å². The number of aliphatic hydroxyl groups is 1. The van der Waals surface area contributed by atoms with Crippen LogP contribution in [0.15, 0.2) is 24.3 Å². The van der Waals surface area contributed by atoms with Gasteiger partial charge in [-0.1, -0.05) is 24.3 Å². The van der Waals surface area contributed by atoms with Gasteiger partial charge in [0.05, 0.1) is 0 Å². The van der Waals surface area contributed by atoms with Gasteiger partial charge in [0.2, 0.25) is 5.91 Å². The van der Waals surface area contributed by atoms with Crippen molar-refractivity contribution in [2.45, 2.75) is 26.2 Å². The first-order chi connectivity index (χ1) is 8.70. The van der Waals surface area contributed by atoms with Crippen LogP contribution in [0, 0.1) is 12.8 Å². The highest BCUT2D eigenvalue weighted by Crippen LogP contribution is 2.17. The Morgan fingerprint density at radius 3 is 2.89 bits per heavy atom. The SMILES string of the molecule is Cc1ccccc1CCC(=O)N1CCC(CO)C1. The number of amides is 1. The number of nitrogens with zero attached hydrogens (tertiary/aromatic N) is 1. The Morgan fingerprint density at radius 1 is 1.44 bits per heavy atom. The predicted octanol–water partition coefficient (Wildman–Crippen LogP) is 1.77. The van der Waals surface area contributed by atoms with Crippen molar-refractivity contribution in [2.75, 3.05) is 19.7 Å². The zero-order valence-electron chi connectivity index (χ0n) is 10.9. The average molecular weight is 247 g/mol. The molecule has 1 aromatic carbocycles. The van der Waals surface area contributed by atoms with E-state index >= 15 is 0 Å². The molecule has 1 fully saturated rings. The van der Waals surface area contributed by atoms with Crippen LogP contribution < -0.4 is 0 Å². The molecule has 1 atom stereocenters. The molecule has 1 saturated heterocycles. The van der Waals surface area contributed by atoms with Gasteiger partial charge in [0.1, 0.15) is 0 Å². The standard InChI is InChI=1S/C15H21NO2/c1-12-4-2-3-5-14(12)6-7-15(18)16-9-8-13(10-16)11-17/h2-5,13,17H,6-11H2,1H3. The molecule has 3 heteroatoms. The molecule has 0 bridgehead atoms. The monoisotopic (exact) mass is 247 g/mol. The number of carbonyl (C=O) groups excluding carboxylic acids is 1. The van der Waals surface area contributed by atoms with Gasteiger partial charge in [0, 0.05) is 32.0 Å². The number of likely N-dealkylation sites (tertiary alicyclic amines) is 1. The number of benzene rings is 1. The molecule has 0 aliphatic carbocycles. The molecule has 98 valence electrons. The highest BCUT2D eigenvalue weighted by atomic mass is 16.3. The minimum absolute atomic E-state index is 0.196.